The first-order valence-electron chi connectivity index (χ1n) is 9.52. The van der Waals surface area contributed by atoms with Crippen LogP contribution >= 0.6 is 0 Å². The Kier molecular flexibility index (Phi) is 4.55. The molecule has 0 spiro atoms. The molecule has 4 rings (SSSR count). The molecule has 1 atom stereocenters. The molecule has 132 valence electrons. The van der Waals surface area contributed by atoms with E-state index in [-0.39, 0.29) is 5.92 Å². The second-order valence-electron chi connectivity index (χ2n) is 7.22. The van der Waals surface area contributed by atoms with Crippen molar-refractivity contribution in [2.75, 3.05) is 13.1 Å². The SMILES string of the molecule is CCn1cnnc1C1CCN(C(=O)[C@H]2CCCc3ccccc32)CC1. The standard InChI is InChI=1S/C20H26N4O/c1-2-23-14-21-22-19(23)16-10-12-24(13-11-16)20(25)18-9-5-7-15-6-3-4-8-17(15)18/h3-4,6,8,14,16,18H,2,5,7,9-13H2,1H3/t18-/m0/s1. The molecule has 2 aliphatic rings. The molecule has 0 radical (unpaired) electrons. The van der Waals surface area contributed by atoms with Crippen molar-refractivity contribution in [1.29, 1.82) is 0 Å². The fraction of sp³-hybridized carbons (Fsp3) is 0.550. The molecule has 0 unspecified atom stereocenters. The molecule has 5 heteroatoms. The molecule has 25 heavy (non-hydrogen) atoms. The number of rotatable bonds is 3. The topological polar surface area (TPSA) is 51.0 Å². The van der Waals surface area contributed by atoms with Crippen LogP contribution in [0.25, 0.3) is 0 Å². The van der Waals surface area contributed by atoms with Crippen LogP contribution in [0.5, 0.6) is 0 Å². The summed E-state index contributed by atoms with van der Waals surface area (Å²) in [5.41, 5.74) is 2.62. The van der Waals surface area contributed by atoms with Crippen molar-refractivity contribution in [3.05, 3.63) is 47.5 Å². The van der Waals surface area contributed by atoms with Crippen LogP contribution in [-0.4, -0.2) is 38.7 Å². The third-order valence-electron chi connectivity index (χ3n) is 5.83. The van der Waals surface area contributed by atoms with Crippen molar-refractivity contribution in [2.24, 2.45) is 0 Å². The van der Waals surface area contributed by atoms with Gasteiger partial charge in [-0.15, -0.1) is 10.2 Å². The predicted octanol–water partition coefficient (Wildman–Crippen LogP) is 3.12. The molecule has 1 aliphatic carbocycles. The molecule has 1 aliphatic heterocycles. The number of carbonyl (C=O) groups excluding carboxylic acids is 1. The molecule has 0 bridgehead atoms. The minimum atomic E-state index is 0.0563. The first kappa shape index (κ1) is 16.3. The van der Waals surface area contributed by atoms with E-state index >= 15 is 0 Å². The zero-order valence-electron chi connectivity index (χ0n) is 14.9. The quantitative estimate of drug-likeness (QED) is 0.864. The van der Waals surface area contributed by atoms with Crippen LogP contribution in [0.15, 0.2) is 30.6 Å². The number of likely N-dealkylation sites (tertiary alicyclic amines) is 1. The maximum Gasteiger partial charge on any atom is 0.230 e. The van der Waals surface area contributed by atoms with Gasteiger partial charge in [-0.05, 0) is 50.2 Å². The van der Waals surface area contributed by atoms with Gasteiger partial charge in [0.2, 0.25) is 5.91 Å². The Labute approximate surface area is 149 Å². The fourth-order valence-electron chi connectivity index (χ4n) is 4.41. The zero-order valence-corrected chi connectivity index (χ0v) is 14.9. The van der Waals surface area contributed by atoms with Crippen molar-refractivity contribution in [2.45, 2.75) is 57.4 Å². The van der Waals surface area contributed by atoms with Gasteiger partial charge in [-0.2, -0.15) is 0 Å². The highest BCUT2D eigenvalue weighted by molar-refractivity contribution is 5.84. The summed E-state index contributed by atoms with van der Waals surface area (Å²) in [6.45, 7) is 4.68. The van der Waals surface area contributed by atoms with Crippen LogP contribution in [0.3, 0.4) is 0 Å². The van der Waals surface area contributed by atoms with E-state index in [9.17, 15) is 4.79 Å². The minimum absolute atomic E-state index is 0.0563. The van der Waals surface area contributed by atoms with E-state index in [2.05, 4.69) is 50.9 Å². The highest BCUT2D eigenvalue weighted by atomic mass is 16.2. The molecule has 2 heterocycles. The smallest absolute Gasteiger partial charge is 0.230 e. The van der Waals surface area contributed by atoms with Crippen LogP contribution < -0.4 is 0 Å². The normalized spacial score (nSPS) is 21.2. The number of hydrogen-bond donors (Lipinski definition) is 0. The van der Waals surface area contributed by atoms with Gasteiger partial charge in [0.25, 0.3) is 0 Å². The third kappa shape index (κ3) is 3.08. The van der Waals surface area contributed by atoms with Gasteiger partial charge in [0.05, 0.1) is 5.92 Å². The number of carbonyl (C=O) groups is 1. The number of fused-ring (bicyclic) bond motifs is 1. The van der Waals surface area contributed by atoms with E-state index < -0.39 is 0 Å². The van der Waals surface area contributed by atoms with Gasteiger partial charge in [-0.3, -0.25) is 4.79 Å². The molecular formula is C20H26N4O. The van der Waals surface area contributed by atoms with Crippen LogP contribution in [0.4, 0.5) is 0 Å². The van der Waals surface area contributed by atoms with Gasteiger partial charge < -0.3 is 9.47 Å². The van der Waals surface area contributed by atoms with E-state index in [1.807, 2.05) is 6.33 Å². The Hall–Kier alpha value is -2.17. The second kappa shape index (κ2) is 6.98. The fourth-order valence-corrected chi connectivity index (χ4v) is 4.41. The van der Waals surface area contributed by atoms with Crippen LogP contribution in [-0.2, 0) is 17.8 Å². The molecule has 0 N–H and O–H groups in total. The van der Waals surface area contributed by atoms with Crippen molar-refractivity contribution in [3.63, 3.8) is 0 Å². The summed E-state index contributed by atoms with van der Waals surface area (Å²) in [5.74, 6) is 1.88. The first-order valence-corrected chi connectivity index (χ1v) is 9.52. The summed E-state index contributed by atoms with van der Waals surface area (Å²) >= 11 is 0. The maximum atomic E-state index is 13.1. The summed E-state index contributed by atoms with van der Waals surface area (Å²) in [7, 11) is 0. The number of piperidine rings is 1. The Morgan fingerprint density at radius 1 is 1.20 bits per heavy atom. The van der Waals surface area contributed by atoms with Crippen molar-refractivity contribution in [3.8, 4) is 0 Å². The predicted molar refractivity (Wildman–Crippen MR) is 96.4 cm³/mol. The molecule has 1 saturated heterocycles. The van der Waals surface area contributed by atoms with Gasteiger partial charge in [0, 0.05) is 25.6 Å². The van der Waals surface area contributed by atoms with Gasteiger partial charge in [0.1, 0.15) is 12.2 Å². The maximum absolute atomic E-state index is 13.1. The lowest BCUT2D eigenvalue weighted by Gasteiger charge is -2.35. The molecule has 5 nitrogen and oxygen atoms in total. The van der Waals surface area contributed by atoms with E-state index in [1.165, 1.54) is 11.1 Å². The van der Waals surface area contributed by atoms with E-state index in [0.717, 1.165) is 57.6 Å². The average molecular weight is 338 g/mol. The lowest BCUT2D eigenvalue weighted by Crippen LogP contribution is -2.41. The first-order chi connectivity index (χ1) is 12.3. The van der Waals surface area contributed by atoms with Gasteiger partial charge >= 0.3 is 0 Å². The highest BCUT2D eigenvalue weighted by Gasteiger charge is 2.33. The van der Waals surface area contributed by atoms with E-state index in [1.54, 1.807) is 0 Å². The van der Waals surface area contributed by atoms with Crippen LogP contribution in [0.2, 0.25) is 0 Å². The molecule has 1 amide bonds. The summed E-state index contributed by atoms with van der Waals surface area (Å²) in [5, 5.41) is 8.36. The number of aryl methyl sites for hydroxylation is 2. The summed E-state index contributed by atoms with van der Waals surface area (Å²) in [6, 6.07) is 8.47. The minimum Gasteiger partial charge on any atom is -0.342 e. The Morgan fingerprint density at radius 3 is 2.80 bits per heavy atom. The molecule has 1 fully saturated rings. The number of amides is 1. The lowest BCUT2D eigenvalue weighted by atomic mass is 9.81. The van der Waals surface area contributed by atoms with Crippen LogP contribution in [0.1, 0.15) is 61.4 Å². The molecule has 1 aromatic carbocycles. The monoisotopic (exact) mass is 338 g/mol. The molecular weight excluding hydrogens is 312 g/mol. The summed E-state index contributed by atoms with van der Waals surface area (Å²) < 4.78 is 2.12. The lowest BCUT2D eigenvalue weighted by molar-refractivity contribution is -0.134. The molecule has 2 aromatic rings. The Bertz CT molecular complexity index is 746. The third-order valence-corrected chi connectivity index (χ3v) is 5.83. The van der Waals surface area contributed by atoms with Crippen molar-refractivity contribution < 1.29 is 4.79 Å². The second-order valence-corrected chi connectivity index (χ2v) is 7.22. The van der Waals surface area contributed by atoms with Crippen molar-refractivity contribution in [1.82, 2.24) is 19.7 Å². The number of nitrogens with zero attached hydrogens (tertiary/aromatic N) is 4. The summed E-state index contributed by atoms with van der Waals surface area (Å²) in [6.07, 6.45) is 6.99. The van der Waals surface area contributed by atoms with Gasteiger partial charge in [0.15, 0.2) is 0 Å². The number of benzene rings is 1. The number of hydrogen-bond acceptors (Lipinski definition) is 3. The van der Waals surface area contributed by atoms with Crippen LogP contribution in [0, 0.1) is 0 Å². The zero-order chi connectivity index (χ0) is 17.2. The van der Waals surface area contributed by atoms with E-state index in [4.69, 9.17) is 0 Å². The largest absolute Gasteiger partial charge is 0.342 e. The van der Waals surface area contributed by atoms with Gasteiger partial charge in [-0.25, -0.2) is 0 Å². The average Bonchev–Trinajstić information content (AvgIpc) is 3.16. The number of aromatic nitrogens is 3. The van der Waals surface area contributed by atoms with Gasteiger partial charge in [-0.1, -0.05) is 24.3 Å². The molecule has 1 aromatic heterocycles. The summed E-state index contributed by atoms with van der Waals surface area (Å²) in [4.78, 5) is 15.2. The highest BCUT2D eigenvalue weighted by Crippen LogP contribution is 2.35. The Morgan fingerprint density at radius 2 is 2.00 bits per heavy atom. The Balaban J connectivity index is 1.44. The van der Waals surface area contributed by atoms with E-state index in [0.29, 0.717) is 11.8 Å². The van der Waals surface area contributed by atoms with Crippen molar-refractivity contribution >= 4 is 5.91 Å². The molecule has 0 saturated carbocycles.